The van der Waals surface area contributed by atoms with Crippen LogP contribution in [0.1, 0.15) is 5.56 Å². The third-order valence-corrected chi connectivity index (χ3v) is 6.99. The molecule has 3 N–H and O–H groups in total. The Balaban J connectivity index is 2.12. The van der Waals surface area contributed by atoms with E-state index in [1.807, 2.05) is 13.0 Å². The van der Waals surface area contributed by atoms with Crippen molar-refractivity contribution >= 4 is 42.3 Å². The third-order valence-electron chi connectivity index (χ3n) is 4.18. The summed E-state index contributed by atoms with van der Waals surface area (Å²) in [6, 6.07) is 10.9. The second-order valence-electron chi connectivity index (χ2n) is 6.11. The van der Waals surface area contributed by atoms with Gasteiger partial charge < -0.3 is 5.32 Å². The molecule has 0 spiro atoms. The molecule has 3 rings (SSSR count). The fourth-order valence-electron chi connectivity index (χ4n) is 2.77. The maximum atomic E-state index is 13.1. The zero-order valence-electron chi connectivity index (χ0n) is 15.5. The standard InChI is InChI=1S/C18H20N4O4S2/c1-12-9-13-5-4-6-17(18(13)21-11-12)28(25,26)22-16-10-14(27(23,24)20-3)7-8-15(16)19-2/h4-11,19-20,22H,1-3H3. The first-order valence-electron chi connectivity index (χ1n) is 8.31. The number of pyridine rings is 1. The average Bonchev–Trinajstić information content (AvgIpc) is 2.66. The number of anilines is 2. The second-order valence-corrected chi connectivity index (χ2v) is 9.65. The van der Waals surface area contributed by atoms with Crippen LogP contribution in [0.3, 0.4) is 0 Å². The lowest BCUT2D eigenvalue weighted by Gasteiger charge is -2.15. The van der Waals surface area contributed by atoms with Crippen LogP contribution in [0.2, 0.25) is 0 Å². The Bertz CT molecular complexity index is 1260. The topological polar surface area (TPSA) is 117 Å². The van der Waals surface area contributed by atoms with E-state index in [0.29, 0.717) is 16.6 Å². The number of fused-ring (bicyclic) bond motifs is 1. The van der Waals surface area contributed by atoms with Crippen molar-refractivity contribution in [1.29, 1.82) is 0 Å². The van der Waals surface area contributed by atoms with Gasteiger partial charge in [0.05, 0.1) is 21.8 Å². The molecule has 0 aliphatic heterocycles. The molecule has 0 radical (unpaired) electrons. The summed E-state index contributed by atoms with van der Waals surface area (Å²) in [5, 5.41) is 3.55. The highest BCUT2D eigenvalue weighted by molar-refractivity contribution is 7.93. The van der Waals surface area contributed by atoms with Crippen LogP contribution in [0.5, 0.6) is 0 Å². The van der Waals surface area contributed by atoms with Gasteiger partial charge in [-0.15, -0.1) is 0 Å². The maximum absolute atomic E-state index is 13.1. The van der Waals surface area contributed by atoms with Gasteiger partial charge in [-0.2, -0.15) is 0 Å². The fourth-order valence-corrected chi connectivity index (χ4v) is 4.78. The number of nitrogens with one attached hydrogen (secondary N) is 3. The summed E-state index contributed by atoms with van der Waals surface area (Å²) in [5.41, 5.74) is 1.80. The van der Waals surface area contributed by atoms with Gasteiger partial charge in [0.2, 0.25) is 10.0 Å². The Hall–Kier alpha value is -2.69. The molecule has 0 amide bonds. The predicted octanol–water partition coefficient (Wildman–Crippen LogP) is 2.29. The van der Waals surface area contributed by atoms with Crippen LogP contribution >= 0.6 is 0 Å². The van der Waals surface area contributed by atoms with Crippen LogP contribution in [0.25, 0.3) is 10.9 Å². The Labute approximate surface area is 164 Å². The molecule has 3 aromatic rings. The van der Waals surface area contributed by atoms with Crippen LogP contribution in [0.15, 0.2) is 58.5 Å². The highest BCUT2D eigenvalue weighted by Gasteiger charge is 2.21. The molecule has 0 fully saturated rings. The molecule has 1 aromatic heterocycles. The summed E-state index contributed by atoms with van der Waals surface area (Å²) >= 11 is 0. The Kier molecular flexibility index (Phi) is 5.28. The van der Waals surface area contributed by atoms with E-state index in [0.717, 1.165) is 5.56 Å². The van der Waals surface area contributed by atoms with Gasteiger partial charge in [0.1, 0.15) is 4.90 Å². The summed E-state index contributed by atoms with van der Waals surface area (Å²) in [6.07, 6.45) is 1.60. The van der Waals surface area contributed by atoms with Gasteiger partial charge in [-0.05, 0) is 49.9 Å². The van der Waals surface area contributed by atoms with Crippen molar-refractivity contribution in [2.75, 3.05) is 24.1 Å². The molecule has 2 aromatic carbocycles. The van der Waals surface area contributed by atoms with E-state index in [4.69, 9.17) is 0 Å². The van der Waals surface area contributed by atoms with Gasteiger partial charge in [0, 0.05) is 18.6 Å². The number of benzene rings is 2. The van der Waals surface area contributed by atoms with Crippen molar-refractivity contribution < 1.29 is 16.8 Å². The second kappa shape index (κ2) is 7.38. The monoisotopic (exact) mass is 420 g/mol. The van der Waals surface area contributed by atoms with Crippen LogP contribution < -0.4 is 14.8 Å². The van der Waals surface area contributed by atoms with E-state index in [-0.39, 0.29) is 15.5 Å². The molecular weight excluding hydrogens is 400 g/mol. The van der Waals surface area contributed by atoms with E-state index in [1.165, 1.54) is 31.3 Å². The van der Waals surface area contributed by atoms with Crippen LogP contribution in [-0.4, -0.2) is 35.9 Å². The van der Waals surface area contributed by atoms with Gasteiger partial charge >= 0.3 is 0 Å². The molecule has 0 atom stereocenters. The molecule has 0 aliphatic carbocycles. The molecule has 0 unspecified atom stereocenters. The highest BCUT2D eigenvalue weighted by atomic mass is 32.2. The zero-order chi connectivity index (χ0) is 20.5. The Morgan fingerprint density at radius 3 is 2.32 bits per heavy atom. The van der Waals surface area contributed by atoms with Crippen molar-refractivity contribution in [3.05, 3.63) is 54.2 Å². The molecule has 148 valence electrons. The van der Waals surface area contributed by atoms with Crippen LogP contribution in [-0.2, 0) is 20.0 Å². The SMILES string of the molecule is CNc1ccc(S(=O)(=O)NC)cc1NS(=O)(=O)c1cccc2cc(C)cnc12. The lowest BCUT2D eigenvalue weighted by atomic mass is 10.2. The van der Waals surface area contributed by atoms with E-state index in [2.05, 4.69) is 19.7 Å². The molecule has 8 nitrogen and oxygen atoms in total. The number of sulfonamides is 2. The van der Waals surface area contributed by atoms with Crippen molar-refractivity contribution in [2.24, 2.45) is 0 Å². The molecule has 0 bridgehead atoms. The molecule has 1 heterocycles. The van der Waals surface area contributed by atoms with E-state index in [9.17, 15) is 16.8 Å². The highest BCUT2D eigenvalue weighted by Crippen LogP contribution is 2.29. The third kappa shape index (κ3) is 3.79. The summed E-state index contributed by atoms with van der Waals surface area (Å²) in [7, 11) is -4.85. The molecule has 28 heavy (non-hydrogen) atoms. The largest absolute Gasteiger partial charge is 0.386 e. The quantitative estimate of drug-likeness (QED) is 0.563. The van der Waals surface area contributed by atoms with Gasteiger partial charge in [-0.1, -0.05) is 12.1 Å². The van der Waals surface area contributed by atoms with Gasteiger partial charge in [-0.25, -0.2) is 21.6 Å². The number of rotatable bonds is 6. The minimum absolute atomic E-state index is 0.00827. The summed E-state index contributed by atoms with van der Waals surface area (Å²) in [6.45, 7) is 1.87. The minimum atomic E-state index is -4.02. The van der Waals surface area contributed by atoms with E-state index < -0.39 is 20.0 Å². The molecule has 0 aliphatic rings. The predicted molar refractivity (Wildman–Crippen MR) is 110 cm³/mol. The number of hydrogen-bond donors (Lipinski definition) is 3. The van der Waals surface area contributed by atoms with Gasteiger partial charge in [0.25, 0.3) is 10.0 Å². The first kappa shape index (κ1) is 20.1. The minimum Gasteiger partial charge on any atom is -0.386 e. The Morgan fingerprint density at radius 1 is 0.893 bits per heavy atom. The van der Waals surface area contributed by atoms with Crippen molar-refractivity contribution in [2.45, 2.75) is 16.7 Å². The molecule has 0 saturated heterocycles. The normalized spacial score (nSPS) is 12.1. The smallest absolute Gasteiger partial charge is 0.264 e. The molecule has 0 saturated carbocycles. The molecule has 10 heteroatoms. The van der Waals surface area contributed by atoms with Crippen molar-refractivity contribution in [1.82, 2.24) is 9.71 Å². The summed E-state index contributed by atoms with van der Waals surface area (Å²) in [4.78, 5) is 4.21. The van der Waals surface area contributed by atoms with Gasteiger partial charge in [-0.3, -0.25) is 9.71 Å². The zero-order valence-corrected chi connectivity index (χ0v) is 17.1. The van der Waals surface area contributed by atoms with Crippen molar-refractivity contribution in [3.8, 4) is 0 Å². The average molecular weight is 421 g/mol. The number of aryl methyl sites for hydroxylation is 1. The fraction of sp³-hybridized carbons (Fsp3) is 0.167. The lowest BCUT2D eigenvalue weighted by molar-refractivity contribution is 0.588. The van der Waals surface area contributed by atoms with Crippen LogP contribution in [0.4, 0.5) is 11.4 Å². The van der Waals surface area contributed by atoms with Crippen LogP contribution in [0, 0.1) is 6.92 Å². The maximum Gasteiger partial charge on any atom is 0.264 e. The first-order chi connectivity index (χ1) is 13.2. The Morgan fingerprint density at radius 2 is 1.64 bits per heavy atom. The first-order valence-corrected chi connectivity index (χ1v) is 11.3. The number of nitrogens with zero attached hydrogens (tertiary/aromatic N) is 1. The number of para-hydroxylation sites is 1. The van der Waals surface area contributed by atoms with E-state index in [1.54, 1.807) is 25.4 Å². The van der Waals surface area contributed by atoms with E-state index >= 15 is 0 Å². The lowest BCUT2D eigenvalue weighted by Crippen LogP contribution is -2.20. The summed E-state index contributed by atoms with van der Waals surface area (Å²) in [5.74, 6) is 0. The molecular formula is C18H20N4O4S2. The van der Waals surface area contributed by atoms with Gasteiger partial charge in [0.15, 0.2) is 0 Å². The summed E-state index contributed by atoms with van der Waals surface area (Å²) < 4.78 is 54.9. The number of aromatic nitrogens is 1. The van der Waals surface area contributed by atoms with Crippen molar-refractivity contribution in [3.63, 3.8) is 0 Å². The number of hydrogen-bond acceptors (Lipinski definition) is 6.